The van der Waals surface area contributed by atoms with Crippen LogP contribution < -0.4 is 5.32 Å². The number of likely N-dealkylation sites (N-methyl/N-ethyl adjacent to an activating group) is 2. The molecule has 1 aliphatic rings. The molecule has 0 saturated carbocycles. The second-order valence-electron chi connectivity index (χ2n) is 10.8. The summed E-state index contributed by atoms with van der Waals surface area (Å²) in [5.74, 6) is -0.564. The van der Waals surface area contributed by atoms with Gasteiger partial charge in [-0.15, -0.1) is 0 Å². The summed E-state index contributed by atoms with van der Waals surface area (Å²) in [6.45, 7) is 16.1. The summed E-state index contributed by atoms with van der Waals surface area (Å²) in [5.41, 5.74) is 0.00249. The van der Waals surface area contributed by atoms with Crippen molar-refractivity contribution < 1.29 is 19.1 Å². The minimum atomic E-state index is -0.673. The predicted octanol–water partition coefficient (Wildman–Crippen LogP) is 3.38. The second kappa shape index (κ2) is 11.8. The summed E-state index contributed by atoms with van der Waals surface area (Å²) >= 11 is 0. The normalized spacial score (nSPS) is 20.1. The molecule has 3 atom stereocenters. The van der Waals surface area contributed by atoms with Gasteiger partial charge in [-0.2, -0.15) is 0 Å². The van der Waals surface area contributed by atoms with Crippen LogP contribution in [0.3, 0.4) is 0 Å². The van der Waals surface area contributed by atoms with Gasteiger partial charge < -0.3 is 15.0 Å². The van der Waals surface area contributed by atoms with Crippen molar-refractivity contribution in [2.45, 2.75) is 98.9 Å². The summed E-state index contributed by atoms with van der Waals surface area (Å²) in [4.78, 5) is 42.7. The number of nitrogens with one attached hydrogen (secondary N) is 1. The van der Waals surface area contributed by atoms with Crippen LogP contribution in [0.25, 0.3) is 0 Å². The van der Waals surface area contributed by atoms with Gasteiger partial charge in [-0.05, 0) is 58.5 Å². The van der Waals surface area contributed by atoms with E-state index in [1.54, 1.807) is 38.8 Å². The van der Waals surface area contributed by atoms with E-state index in [0.717, 1.165) is 25.8 Å². The number of amides is 2. The lowest BCUT2D eigenvalue weighted by Gasteiger charge is -2.39. The molecule has 7 heteroatoms. The molecule has 1 N–H and O–H groups in total. The maximum atomic E-state index is 13.6. The quantitative estimate of drug-likeness (QED) is 0.452. The Morgan fingerprint density at radius 1 is 1.12 bits per heavy atom. The Hall–Kier alpha value is -1.89. The Bertz CT molecular complexity index is 694. The van der Waals surface area contributed by atoms with Gasteiger partial charge in [-0.25, -0.2) is 4.79 Å². The second-order valence-corrected chi connectivity index (χ2v) is 10.8. The molecule has 1 aliphatic heterocycles. The topological polar surface area (TPSA) is 79.0 Å². The SMILES string of the molecule is C/C(=C\[C@H](C(C)C)N(C)C(=O)[C@@H](NC(=O)[C@H]1CCCCN1C)C(C)(C)C)C(=O)OC(C)C. The van der Waals surface area contributed by atoms with Gasteiger partial charge >= 0.3 is 5.97 Å². The molecule has 2 amide bonds. The zero-order chi connectivity index (χ0) is 24.8. The van der Waals surface area contributed by atoms with Gasteiger partial charge in [0.15, 0.2) is 0 Å². The van der Waals surface area contributed by atoms with Crippen molar-refractivity contribution in [1.29, 1.82) is 0 Å². The summed E-state index contributed by atoms with van der Waals surface area (Å²) in [7, 11) is 3.70. The van der Waals surface area contributed by atoms with E-state index in [0.29, 0.717) is 5.57 Å². The predicted molar refractivity (Wildman–Crippen MR) is 128 cm³/mol. The van der Waals surface area contributed by atoms with Crippen molar-refractivity contribution in [2.75, 3.05) is 20.6 Å². The number of likely N-dealkylation sites (tertiary alicyclic amines) is 1. The third-order valence-corrected chi connectivity index (χ3v) is 6.04. The van der Waals surface area contributed by atoms with Crippen LogP contribution in [0.5, 0.6) is 0 Å². The first-order valence-electron chi connectivity index (χ1n) is 11.8. The van der Waals surface area contributed by atoms with E-state index in [-0.39, 0.29) is 41.9 Å². The fraction of sp³-hybridized carbons (Fsp3) is 0.800. The van der Waals surface area contributed by atoms with E-state index in [9.17, 15) is 14.4 Å². The van der Waals surface area contributed by atoms with Crippen molar-refractivity contribution in [1.82, 2.24) is 15.1 Å². The van der Waals surface area contributed by atoms with Crippen LogP contribution in [0.15, 0.2) is 11.6 Å². The standard InChI is InChI=1S/C25H45N3O4/c1-16(2)20(15-18(5)24(31)32-17(3)4)28(10)23(30)21(25(6,7)8)26-22(29)19-13-11-12-14-27(19)9/h15-17,19-21H,11-14H2,1-10H3,(H,26,29)/b18-15+/t19-,20-,21-/m1/s1. The minimum Gasteiger partial charge on any atom is -0.460 e. The maximum Gasteiger partial charge on any atom is 0.333 e. The highest BCUT2D eigenvalue weighted by atomic mass is 16.5. The Morgan fingerprint density at radius 3 is 2.19 bits per heavy atom. The van der Waals surface area contributed by atoms with Gasteiger partial charge in [0, 0.05) is 12.6 Å². The van der Waals surface area contributed by atoms with Crippen LogP contribution in [0, 0.1) is 11.3 Å². The van der Waals surface area contributed by atoms with E-state index < -0.39 is 11.5 Å². The maximum absolute atomic E-state index is 13.6. The monoisotopic (exact) mass is 451 g/mol. The lowest BCUT2D eigenvalue weighted by Crippen LogP contribution is -2.59. The fourth-order valence-electron chi connectivity index (χ4n) is 4.03. The van der Waals surface area contributed by atoms with Crippen LogP contribution in [0.2, 0.25) is 0 Å². The molecule has 1 saturated heterocycles. The summed E-state index contributed by atoms with van der Waals surface area (Å²) in [5, 5.41) is 3.05. The molecule has 0 bridgehead atoms. The molecule has 0 aromatic rings. The first-order chi connectivity index (χ1) is 14.7. The number of nitrogens with zero attached hydrogens (tertiary/aromatic N) is 2. The van der Waals surface area contributed by atoms with Crippen molar-refractivity contribution in [3.8, 4) is 0 Å². The van der Waals surface area contributed by atoms with E-state index in [4.69, 9.17) is 4.74 Å². The van der Waals surface area contributed by atoms with Crippen molar-refractivity contribution in [3.63, 3.8) is 0 Å². The highest BCUT2D eigenvalue weighted by Gasteiger charge is 2.39. The summed E-state index contributed by atoms with van der Waals surface area (Å²) < 4.78 is 5.29. The Balaban J connectivity index is 3.11. The highest BCUT2D eigenvalue weighted by Crippen LogP contribution is 2.25. The number of rotatable bonds is 8. The fourth-order valence-corrected chi connectivity index (χ4v) is 4.03. The van der Waals surface area contributed by atoms with Gasteiger partial charge in [0.1, 0.15) is 6.04 Å². The molecule has 0 aromatic carbocycles. The van der Waals surface area contributed by atoms with E-state index in [1.807, 2.05) is 41.7 Å². The van der Waals surface area contributed by atoms with Crippen LogP contribution in [-0.4, -0.2) is 72.5 Å². The third-order valence-electron chi connectivity index (χ3n) is 6.04. The molecule has 1 heterocycles. The molecule has 0 aliphatic carbocycles. The Labute approximate surface area is 194 Å². The lowest BCUT2D eigenvalue weighted by molar-refractivity contribution is -0.143. The van der Waals surface area contributed by atoms with Gasteiger partial charge in [-0.3, -0.25) is 14.5 Å². The van der Waals surface area contributed by atoms with Gasteiger partial charge in [0.2, 0.25) is 11.8 Å². The molecule has 1 fully saturated rings. The number of carbonyl (C=O) groups is 3. The highest BCUT2D eigenvalue weighted by molar-refractivity contribution is 5.91. The average molecular weight is 452 g/mol. The molecule has 1 rings (SSSR count). The largest absolute Gasteiger partial charge is 0.460 e. The first-order valence-corrected chi connectivity index (χ1v) is 11.8. The molecule has 32 heavy (non-hydrogen) atoms. The minimum absolute atomic E-state index is 0.0755. The number of piperidine rings is 1. The Kier molecular flexibility index (Phi) is 10.4. The van der Waals surface area contributed by atoms with Crippen molar-refractivity contribution in [2.24, 2.45) is 11.3 Å². The number of ether oxygens (including phenoxy) is 1. The van der Waals surface area contributed by atoms with Gasteiger partial charge in [0.05, 0.1) is 18.2 Å². The molecule has 0 spiro atoms. The number of hydrogen-bond donors (Lipinski definition) is 1. The summed E-state index contributed by atoms with van der Waals surface area (Å²) in [6.07, 6.45) is 4.50. The lowest BCUT2D eigenvalue weighted by atomic mass is 9.84. The zero-order valence-electron chi connectivity index (χ0n) is 21.8. The van der Waals surface area contributed by atoms with Crippen LogP contribution in [0.4, 0.5) is 0 Å². The smallest absolute Gasteiger partial charge is 0.333 e. The molecule has 7 nitrogen and oxygen atoms in total. The van der Waals surface area contributed by atoms with Gasteiger partial charge in [-0.1, -0.05) is 47.1 Å². The molecular formula is C25H45N3O4. The number of carbonyl (C=O) groups excluding carboxylic acids is 3. The summed E-state index contributed by atoms with van der Waals surface area (Å²) in [6, 6.07) is -1.19. The van der Waals surface area contributed by atoms with E-state index >= 15 is 0 Å². The van der Waals surface area contributed by atoms with Crippen LogP contribution in [0.1, 0.15) is 74.7 Å². The molecule has 0 radical (unpaired) electrons. The van der Waals surface area contributed by atoms with Crippen molar-refractivity contribution in [3.05, 3.63) is 11.6 Å². The number of esters is 1. The average Bonchev–Trinajstić information content (AvgIpc) is 2.67. The van der Waals surface area contributed by atoms with E-state index in [1.165, 1.54) is 0 Å². The van der Waals surface area contributed by atoms with Crippen molar-refractivity contribution >= 4 is 17.8 Å². The Morgan fingerprint density at radius 2 is 1.72 bits per heavy atom. The van der Waals surface area contributed by atoms with Crippen LogP contribution >= 0.6 is 0 Å². The zero-order valence-corrected chi connectivity index (χ0v) is 21.8. The van der Waals surface area contributed by atoms with Gasteiger partial charge in [0.25, 0.3) is 0 Å². The molecule has 0 unspecified atom stereocenters. The van der Waals surface area contributed by atoms with Crippen LogP contribution in [-0.2, 0) is 19.1 Å². The molecular weight excluding hydrogens is 406 g/mol. The first kappa shape index (κ1) is 28.1. The molecule has 184 valence electrons. The number of hydrogen-bond acceptors (Lipinski definition) is 5. The molecule has 0 aromatic heterocycles. The third kappa shape index (κ3) is 7.91. The van der Waals surface area contributed by atoms with E-state index in [2.05, 4.69) is 10.2 Å².